The minimum absolute atomic E-state index is 0. The second kappa shape index (κ2) is 16.3. The Morgan fingerprint density at radius 1 is 0.508 bits per heavy atom. The second-order valence-electron chi connectivity index (χ2n) is 12.0. The van der Waals surface area contributed by atoms with Crippen LogP contribution in [-0.4, -0.2) is 113 Å². The molecule has 0 spiro atoms. The molecule has 0 fully saturated rings. The summed E-state index contributed by atoms with van der Waals surface area (Å²) >= 11 is 0. The SMILES string of the molecule is O=C(Nc1ccc(/C=C/c2ccc(NC(=O)c3cc(S(=O)(=O)O)c4cccnc4c3O)cc2S(=O)(=O)O)c(S(=O)(=O)O)c1)c1cc(S(=O)(=O)O)c2cccnc2c1O.[Na]. The van der Waals surface area contributed by atoms with Gasteiger partial charge in [0.1, 0.15) is 30.6 Å². The molecule has 59 heavy (non-hydrogen) atoms. The maximum Gasteiger partial charge on any atom is 0.295 e. The van der Waals surface area contributed by atoms with Crippen molar-refractivity contribution < 1.29 is 71.7 Å². The summed E-state index contributed by atoms with van der Waals surface area (Å²) < 4.78 is 137. The summed E-state index contributed by atoms with van der Waals surface area (Å²) in [7, 11) is -20.1. The predicted octanol–water partition coefficient (Wildman–Crippen LogP) is 3.48. The quantitative estimate of drug-likeness (QED) is 0.0554. The van der Waals surface area contributed by atoms with Gasteiger partial charge in [-0.3, -0.25) is 37.8 Å². The number of phenolic OH excluding ortho intramolecular Hbond substituents is 2. The molecule has 0 saturated heterocycles. The second-order valence-corrected chi connectivity index (χ2v) is 17.5. The minimum Gasteiger partial charge on any atom is -0.505 e. The predicted molar refractivity (Wildman–Crippen MR) is 210 cm³/mol. The Kier molecular flexibility index (Phi) is 12.4. The van der Waals surface area contributed by atoms with Gasteiger partial charge in [0.05, 0.1) is 11.1 Å². The Morgan fingerprint density at radius 3 is 1.17 bits per heavy atom. The van der Waals surface area contributed by atoms with Gasteiger partial charge in [0.15, 0.2) is 11.5 Å². The van der Waals surface area contributed by atoms with Gasteiger partial charge in [-0.05, 0) is 71.8 Å². The molecule has 8 N–H and O–H groups in total. The van der Waals surface area contributed by atoms with Gasteiger partial charge in [-0.25, -0.2) is 0 Å². The molecule has 20 nitrogen and oxygen atoms in total. The normalized spacial score (nSPS) is 12.3. The number of rotatable bonds is 10. The third-order valence-electron chi connectivity index (χ3n) is 8.24. The van der Waals surface area contributed by atoms with Crippen molar-refractivity contribution in [3.63, 3.8) is 0 Å². The van der Waals surface area contributed by atoms with Gasteiger partial charge in [0.2, 0.25) is 0 Å². The smallest absolute Gasteiger partial charge is 0.295 e. The molecule has 0 aliphatic carbocycles. The van der Waals surface area contributed by atoms with Crippen LogP contribution in [0.3, 0.4) is 0 Å². The number of hydrogen-bond donors (Lipinski definition) is 8. The fourth-order valence-electron chi connectivity index (χ4n) is 5.69. The zero-order valence-electron chi connectivity index (χ0n) is 29.5. The molecule has 0 saturated carbocycles. The number of pyridine rings is 2. The van der Waals surface area contributed by atoms with Crippen molar-refractivity contribution in [1.29, 1.82) is 0 Å². The number of anilines is 2. The van der Waals surface area contributed by atoms with Crippen LogP contribution in [0.25, 0.3) is 34.0 Å². The van der Waals surface area contributed by atoms with Crippen LogP contribution in [0.15, 0.2) is 105 Å². The van der Waals surface area contributed by atoms with Gasteiger partial charge in [-0.2, -0.15) is 33.7 Å². The van der Waals surface area contributed by atoms with Crippen LogP contribution < -0.4 is 10.6 Å². The Labute approximate surface area is 355 Å². The Bertz CT molecular complexity index is 3040. The Balaban J connectivity index is 0.00000661. The molecule has 2 heterocycles. The first-order valence-corrected chi connectivity index (χ1v) is 21.4. The molecule has 25 heteroatoms. The number of amides is 2. The molecule has 6 aromatic rings. The monoisotopic (exact) mass is 895 g/mol. The first kappa shape index (κ1) is 44.7. The molecule has 2 aromatic heterocycles. The number of hydrogen-bond acceptors (Lipinski definition) is 14. The van der Waals surface area contributed by atoms with Crippen molar-refractivity contribution in [3.8, 4) is 11.5 Å². The zero-order valence-corrected chi connectivity index (χ0v) is 34.8. The molecule has 0 unspecified atom stereocenters. The van der Waals surface area contributed by atoms with Crippen molar-refractivity contribution in [3.05, 3.63) is 107 Å². The molecule has 0 aliphatic rings. The number of carbonyl (C=O) groups excluding carboxylic acids is 2. The molecule has 0 aliphatic heterocycles. The van der Waals surface area contributed by atoms with Crippen LogP contribution in [0, 0.1) is 0 Å². The van der Waals surface area contributed by atoms with E-state index in [0.717, 1.165) is 48.6 Å². The van der Waals surface area contributed by atoms with Gasteiger partial charge in [0.25, 0.3) is 52.3 Å². The van der Waals surface area contributed by atoms with Crippen LogP contribution in [0.5, 0.6) is 11.5 Å². The fourth-order valence-corrected chi connectivity index (χ4v) is 8.53. The standard InChI is InChI=1S/C34H24N4O16S4.Na/c39-31-23(15-27(57(49,50)51)21-3-1-11-35-29(21)31)33(41)37-19-9-7-17(25(13-19)55(43,44)45)5-6-18-8-10-20(14-26(18)56(46,47)48)38-34(42)24-16-28(58(52,53)54)22-4-2-12-36-30(22)32(24)40;/h1-16,39-40H,(H,37,41)(H,38,42)(H,43,44,45)(H,46,47,48)(H,49,50,51)(H,52,53,54);/b6-5+;. The van der Waals surface area contributed by atoms with Gasteiger partial charge in [-0.15, -0.1) is 0 Å². The summed E-state index contributed by atoms with van der Waals surface area (Å²) in [6.07, 6.45) is 4.34. The Hall–Kier alpha value is -5.38. The number of carbonyl (C=O) groups is 2. The molecule has 6 rings (SSSR count). The van der Waals surface area contributed by atoms with E-state index in [1.54, 1.807) is 0 Å². The van der Waals surface area contributed by atoms with Gasteiger partial charge in [-0.1, -0.05) is 24.3 Å². The van der Waals surface area contributed by atoms with Gasteiger partial charge in [0, 0.05) is 64.1 Å². The average Bonchev–Trinajstić information content (AvgIpc) is 3.13. The minimum atomic E-state index is -5.11. The summed E-state index contributed by atoms with van der Waals surface area (Å²) in [6, 6.07) is 12.2. The maximum atomic E-state index is 13.2. The van der Waals surface area contributed by atoms with Crippen LogP contribution >= 0.6 is 0 Å². The van der Waals surface area contributed by atoms with E-state index < -0.39 is 94.5 Å². The van der Waals surface area contributed by atoms with Crippen molar-refractivity contribution in [2.45, 2.75) is 19.6 Å². The summed E-state index contributed by atoms with van der Waals surface area (Å²) in [4.78, 5) is 30.8. The first-order valence-electron chi connectivity index (χ1n) is 15.7. The molecule has 2 amide bonds. The average molecular weight is 896 g/mol. The number of aromatic nitrogens is 2. The first-order chi connectivity index (χ1) is 26.9. The van der Waals surface area contributed by atoms with E-state index in [0.29, 0.717) is 12.1 Å². The van der Waals surface area contributed by atoms with Crippen molar-refractivity contribution in [1.82, 2.24) is 9.97 Å². The molecular weight excluding hydrogens is 872 g/mol. The number of nitrogens with zero attached hydrogens (tertiary/aromatic N) is 2. The maximum absolute atomic E-state index is 13.2. The fraction of sp³-hybridized carbons (Fsp3) is 0. The zero-order chi connectivity index (χ0) is 42.5. The van der Waals surface area contributed by atoms with E-state index in [1.165, 1.54) is 36.7 Å². The van der Waals surface area contributed by atoms with E-state index in [-0.39, 0.29) is 73.9 Å². The number of fused-ring (bicyclic) bond motifs is 2. The summed E-state index contributed by atoms with van der Waals surface area (Å²) in [5.41, 5.74) is -3.36. The van der Waals surface area contributed by atoms with E-state index >= 15 is 0 Å². The molecule has 4 aromatic carbocycles. The molecule has 301 valence electrons. The molecular formula is C34H24N4NaO16S4. The van der Waals surface area contributed by atoms with Crippen molar-refractivity contribution in [2.75, 3.05) is 10.6 Å². The van der Waals surface area contributed by atoms with E-state index in [2.05, 4.69) is 20.6 Å². The number of phenols is 2. The summed E-state index contributed by atoms with van der Waals surface area (Å²) in [5, 5.41) is 25.4. The van der Waals surface area contributed by atoms with Crippen LogP contribution in [0.1, 0.15) is 31.8 Å². The topological polar surface area (TPSA) is 342 Å². The van der Waals surface area contributed by atoms with E-state index in [1.807, 2.05) is 0 Å². The van der Waals surface area contributed by atoms with Gasteiger partial charge < -0.3 is 20.8 Å². The molecule has 1 radical (unpaired) electrons. The summed E-state index contributed by atoms with van der Waals surface area (Å²) in [6.45, 7) is 0. The van der Waals surface area contributed by atoms with Crippen molar-refractivity contribution in [2.24, 2.45) is 0 Å². The number of nitrogens with one attached hydrogen (secondary N) is 2. The third kappa shape index (κ3) is 9.42. The van der Waals surface area contributed by atoms with Crippen LogP contribution in [0.4, 0.5) is 11.4 Å². The van der Waals surface area contributed by atoms with E-state index in [9.17, 15) is 71.7 Å². The molecule has 0 atom stereocenters. The third-order valence-corrected chi connectivity index (χ3v) is 11.8. The Morgan fingerprint density at radius 2 is 0.847 bits per heavy atom. The van der Waals surface area contributed by atoms with Crippen LogP contribution in [-0.2, 0) is 40.5 Å². The molecule has 0 bridgehead atoms. The number of benzene rings is 4. The van der Waals surface area contributed by atoms with E-state index in [4.69, 9.17) is 0 Å². The van der Waals surface area contributed by atoms with Gasteiger partial charge >= 0.3 is 0 Å². The number of aromatic hydroxyl groups is 2. The summed E-state index contributed by atoms with van der Waals surface area (Å²) in [5.74, 6) is -3.97. The van der Waals surface area contributed by atoms with Crippen molar-refractivity contribution >= 4 is 127 Å². The largest absolute Gasteiger partial charge is 0.505 e. The van der Waals surface area contributed by atoms with Crippen LogP contribution in [0.2, 0.25) is 0 Å².